The zero-order valence-corrected chi connectivity index (χ0v) is 17.8. The van der Waals surface area contributed by atoms with Crippen molar-refractivity contribution in [3.8, 4) is 0 Å². The van der Waals surface area contributed by atoms with Crippen LogP contribution in [0.3, 0.4) is 0 Å². The molecule has 1 heterocycles. The van der Waals surface area contributed by atoms with E-state index < -0.39 is 12.3 Å². The molecule has 0 spiro atoms. The minimum Gasteiger partial charge on any atom is -0.445 e. The summed E-state index contributed by atoms with van der Waals surface area (Å²) in [4.78, 5) is 25.3. The topological polar surface area (TPSA) is 79.5 Å². The Kier molecular flexibility index (Phi) is 7.15. The van der Waals surface area contributed by atoms with Crippen molar-refractivity contribution in [2.45, 2.75) is 31.7 Å². The molecule has 0 radical (unpaired) electrons. The van der Waals surface area contributed by atoms with Crippen LogP contribution in [-0.4, -0.2) is 24.7 Å². The Hall–Kier alpha value is -3.64. The summed E-state index contributed by atoms with van der Waals surface area (Å²) in [5.74, 6) is -0.247. The van der Waals surface area contributed by atoms with E-state index in [9.17, 15) is 9.59 Å². The number of rotatable bonds is 7. The monoisotopic (exact) mass is 429 g/mol. The Labute approximate surface area is 188 Å². The molecule has 2 atom stereocenters. The number of alkyl carbamates (subject to hydrolysis) is 1. The summed E-state index contributed by atoms with van der Waals surface area (Å²) in [6.45, 7) is 1.01. The van der Waals surface area contributed by atoms with Crippen LogP contribution in [0.4, 0.5) is 4.79 Å². The van der Waals surface area contributed by atoms with Gasteiger partial charge in [0.1, 0.15) is 12.8 Å². The fourth-order valence-electron chi connectivity index (χ4n) is 3.93. The van der Waals surface area contributed by atoms with Crippen LogP contribution in [0, 0.1) is 0 Å². The quantitative estimate of drug-likeness (QED) is 0.497. The van der Waals surface area contributed by atoms with Gasteiger partial charge in [-0.05, 0) is 41.8 Å². The number of benzene rings is 3. The lowest BCUT2D eigenvalue weighted by Gasteiger charge is -2.30. The van der Waals surface area contributed by atoms with Crippen molar-refractivity contribution in [3.05, 3.63) is 107 Å². The summed E-state index contributed by atoms with van der Waals surface area (Å²) in [6, 6.07) is 26.7. The summed E-state index contributed by atoms with van der Waals surface area (Å²) < 4.78 is 5.38. The maximum Gasteiger partial charge on any atom is 0.409 e. The molecule has 0 fully saturated rings. The number of carbonyl (C=O) groups is 2. The van der Waals surface area contributed by atoms with Crippen molar-refractivity contribution in [1.82, 2.24) is 16.0 Å². The fourth-order valence-corrected chi connectivity index (χ4v) is 3.93. The predicted octanol–water partition coefficient (Wildman–Crippen LogP) is 3.95. The molecule has 2 amide bonds. The standard InChI is InChI=1S/C26H27N3O3/c30-25(21-12-5-2-6-13-21)28-24(29-26(31)32-18-19-9-3-1-4-10-19)17-23-22-14-8-7-11-20(22)15-16-27-23/h1-14,23-24,27H,15-18H2,(H,28,30)(H,29,31)/t23-,24-/m0/s1. The molecule has 0 bridgehead atoms. The lowest BCUT2D eigenvalue weighted by atomic mass is 9.92. The van der Waals surface area contributed by atoms with Crippen molar-refractivity contribution < 1.29 is 14.3 Å². The Balaban J connectivity index is 1.45. The Morgan fingerprint density at radius 3 is 2.38 bits per heavy atom. The van der Waals surface area contributed by atoms with Gasteiger partial charge >= 0.3 is 6.09 Å². The molecule has 3 aromatic carbocycles. The first kappa shape index (κ1) is 21.6. The zero-order valence-electron chi connectivity index (χ0n) is 17.8. The van der Waals surface area contributed by atoms with Crippen molar-refractivity contribution in [3.63, 3.8) is 0 Å². The summed E-state index contributed by atoms with van der Waals surface area (Å²) in [5, 5.41) is 9.29. The summed E-state index contributed by atoms with van der Waals surface area (Å²) >= 11 is 0. The Morgan fingerprint density at radius 2 is 1.59 bits per heavy atom. The molecular weight excluding hydrogens is 402 g/mol. The number of ether oxygens (including phenoxy) is 1. The van der Waals surface area contributed by atoms with Gasteiger partial charge in [-0.25, -0.2) is 4.79 Å². The molecular formula is C26H27N3O3. The van der Waals surface area contributed by atoms with Crippen molar-refractivity contribution in [2.75, 3.05) is 6.54 Å². The first-order valence-electron chi connectivity index (χ1n) is 10.8. The molecule has 6 nitrogen and oxygen atoms in total. The van der Waals surface area contributed by atoms with E-state index in [-0.39, 0.29) is 18.6 Å². The second kappa shape index (κ2) is 10.6. The third kappa shape index (κ3) is 5.74. The average molecular weight is 430 g/mol. The molecule has 4 rings (SSSR count). The SMILES string of the molecule is O=C(N[C@@H](C[C@@H]1NCCc2ccccc21)NC(=O)c1ccccc1)OCc1ccccc1. The normalized spacial score (nSPS) is 15.8. The summed E-state index contributed by atoms with van der Waals surface area (Å²) in [6.07, 6.45) is 0.280. The minimum atomic E-state index is -0.602. The van der Waals surface area contributed by atoms with Crippen LogP contribution in [0.2, 0.25) is 0 Å². The van der Waals surface area contributed by atoms with Gasteiger partial charge in [0.25, 0.3) is 5.91 Å². The first-order chi connectivity index (χ1) is 15.7. The van der Waals surface area contributed by atoms with Crippen molar-refractivity contribution >= 4 is 12.0 Å². The molecule has 0 unspecified atom stereocenters. The number of hydrogen-bond acceptors (Lipinski definition) is 4. The third-order valence-electron chi connectivity index (χ3n) is 5.53. The molecule has 32 heavy (non-hydrogen) atoms. The number of amides is 2. The molecule has 1 aliphatic heterocycles. The highest BCUT2D eigenvalue weighted by Gasteiger charge is 2.25. The molecule has 164 valence electrons. The van der Waals surface area contributed by atoms with Gasteiger partial charge < -0.3 is 20.7 Å². The second-order valence-electron chi connectivity index (χ2n) is 7.79. The highest BCUT2D eigenvalue weighted by atomic mass is 16.5. The lowest BCUT2D eigenvalue weighted by Crippen LogP contribution is -2.50. The summed E-state index contributed by atoms with van der Waals surface area (Å²) in [7, 11) is 0. The lowest BCUT2D eigenvalue weighted by molar-refractivity contribution is 0.0913. The van der Waals surface area contributed by atoms with Gasteiger partial charge in [-0.15, -0.1) is 0 Å². The van der Waals surface area contributed by atoms with E-state index >= 15 is 0 Å². The molecule has 3 N–H and O–H groups in total. The molecule has 0 aromatic heterocycles. The molecule has 1 aliphatic rings. The fraction of sp³-hybridized carbons (Fsp3) is 0.231. The second-order valence-corrected chi connectivity index (χ2v) is 7.79. The Bertz CT molecular complexity index is 1040. The van der Waals surface area contributed by atoms with Crippen LogP contribution in [0.5, 0.6) is 0 Å². The van der Waals surface area contributed by atoms with Gasteiger partial charge in [0.15, 0.2) is 0 Å². The third-order valence-corrected chi connectivity index (χ3v) is 5.53. The molecule has 3 aromatic rings. The minimum absolute atomic E-state index is 0.00967. The molecule has 6 heteroatoms. The van der Waals surface area contributed by atoms with Gasteiger partial charge in [-0.1, -0.05) is 72.8 Å². The average Bonchev–Trinajstić information content (AvgIpc) is 2.84. The number of carbonyl (C=O) groups excluding carboxylic acids is 2. The van der Waals surface area contributed by atoms with Crippen LogP contribution in [0.25, 0.3) is 0 Å². The first-order valence-corrected chi connectivity index (χ1v) is 10.8. The van der Waals surface area contributed by atoms with Gasteiger partial charge in [0, 0.05) is 18.0 Å². The highest BCUT2D eigenvalue weighted by molar-refractivity contribution is 5.94. The van der Waals surface area contributed by atoms with Crippen molar-refractivity contribution in [2.24, 2.45) is 0 Å². The van der Waals surface area contributed by atoms with Crippen LogP contribution in [-0.2, 0) is 17.8 Å². The maximum absolute atomic E-state index is 12.8. The zero-order chi connectivity index (χ0) is 22.2. The number of nitrogens with one attached hydrogen (secondary N) is 3. The predicted molar refractivity (Wildman–Crippen MR) is 123 cm³/mol. The summed E-state index contributed by atoms with van der Waals surface area (Å²) in [5.41, 5.74) is 3.91. The van der Waals surface area contributed by atoms with Crippen LogP contribution < -0.4 is 16.0 Å². The number of hydrogen-bond donors (Lipinski definition) is 3. The van der Waals surface area contributed by atoms with Crippen LogP contribution in [0.1, 0.15) is 39.5 Å². The number of fused-ring (bicyclic) bond motifs is 1. The van der Waals surface area contributed by atoms with Crippen molar-refractivity contribution in [1.29, 1.82) is 0 Å². The van der Waals surface area contributed by atoms with Gasteiger partial charge in [-0.3, -0.25) is 4.79 Å². The van der Waals surface area contributed by atoms with E-state index in [1.165, 1.54) is 11.1 Å². The van der Waals surface area contributed by atoms with E-state index in [1.54, 1.807) is 12.1 Å². The molecule has 0 aliphatic carbocycles. The Morgan fingerprint density at radius 1 is 0.906 bits per heavy atom. The van der Waals surface area contributed by atoms with E-state index in [4.69, 9.17) is 4.74 Å². The smallest absolute Gasteiger partial charge is 0.409 e. The maximum atomic E-state index is 12.8. The van der Waals surface area contributed by atoms with Gasteiger partial charge in [-0.2, -0.15) is 0 Å². The van der Waals surface area contributed by atoms with Gasteiger partial charge in [0.2, 0.25) is 0 Å². The van der Waals surface area contributed by atoms with E-state index in [0.29, 0.717) is 12.0 Å². The van der Waals surface area contributed by atoms with Crippen LogP contribution in [0.15, 0.2) is 84.9 Å². The largest absolute Gasteiger partial charge is 0.445 e. The van der Waals surface area contributed by atoms with E-state index in [0.717, 1.165) is 18.5 Å². The molecule has 0 saturated heterocycles. The van der Waals surface area contributed by atoms with E-state index in [1.807, 2.05) is 60.7 Å². The van der Waals surface area contributed by atoms with Crippen LogP contribution >= 0.6 is 0 Å². The highest BCUT2D eigenvalue weighted by Crippen LogP contribution is 2.26. The van der Waals surface area contributed by atoms with E-state index in [2.05, 4.69) is 28.1 Å². The molecule has 0 saturated carbocycles. The van der Waals surface area contributed by atoms with Gasteiger partial charge in [0.05, 0.1) is 0 Å².